The molecular formula is C17H23NO2. The van der Waals surface area contributed by atoms with E-state index in [-0.39, 0.29) is 11.7 Å². The fraction of sp³-hybridized carbons (Fsp3) is 0.529. The number of rotatable bonds is 7. The van der Waals surface area contributed by atoms with E-state index < -0.39 is 0 Å². The Bertz CT molecular complexity index is 436. The first kappa shape index (κ1) is 14.8. The zero-order valence-corrected chi connectivity index (χ0v) is 11.9. The van der Waals surface area contributed by atoms with Gasteiger partial charge in [-0.25, -0.2) is 0 Å². The lowest BCUT2D eigenvalue weighted by Gasteiger charge is -2.10. The molecule has 1 aromatic rings. The molecule has 1 amide bonds. The molecule has 0 saturated heterocycles. The van der Waals surface area contributed by atoms with Crippen molar-refractivity contribution in [3.63, 3.8) is 0 Å². The molecule has 2 rings (SSSR count). The lowest BCUT2D eigenvalue weighted by atomic mass is 10.1. The second-order valence-electron chi connectivity index (χ2n) is 5.60. The average Bonchev–Trinajstić information content (AvgIpc) is 2.99. The zero-order chi connectivity index (χ0) is 14.2. The Morgan fingerprint density at radius 2 is 1.75 bits per heavy atom. The number of amides is 1. The van der Waals surface area contributed by atoms with E-state index >= 15 is 0 Å². The summed E-state index contributed by atoms with van der Waals surface area (Å²) in [4.78, 5) is 23.6. The smallest absolute Gasteiger partial charge is 0.220 e. The molecule has 3 heteroatoms. The predicted octanol–water partition coefficient (Wildman–Crippen LogP) is 3.35. The van der Waals surface area contributed by atoms with Crippen molar-refractivity contribution in [2.45, 2.75) is 44.9 Å². The van der Waals surface area contributed by atoms with Crippen LogP contribution in [0.2, 0.25) is 0 Å². The minimum Gasteiger partial charge on any atom is -0.356 e. The number of hydrogen-bond donors (Lipinski definition) is 1. The van der Waals surface area contributed by atoms with E-state index in [0.29, 0.717) is 25.2 Å². The first-order valence-electron chi connectivity index (χ1n) is 7.60. The Kier molecular flexibility index (Phi) is 5.78. The number of carbonyl (C=O) groups is 2. The highest BCUT2D eigenvalue weighted by molar-refractivity contribution is 5.96. The second kappa shape index (κ2) is 7.83. The molecule has 1 saturated carbocycles. The van der Waals surface area contributed by atoms with E-state index in [0.717, 1.165) is 12.1 Å². The molecule has 20 heavy (non-hydrogen) atoms. The Labute approximate surface area is 120 Å². The molecule has 0 heterocycles. The van der Waals surface area contributed by atoms with Crippen LogP contribution in [0, 0.1) is 5.92 Å². The van der Waals surface area contributed by atoms with E-state index in [4.69, 9.17) is 0 Å². The Morgan fingerprint density at radius 3 is 2.45 bits per heavy atom. The van der Waals surface area contributed by atoms with Crippen molar-refractivity contribution in [2.75, 3.05) is 6.54 Å². The van der Waals surface area contributed by atoms with Gasteiger partial charge >= 0.3 is 0 Å². The van der Waals surface area contributed by atoms with Gasteiger partial charge in [-0.3, -0.25) is 9.59 Å². The van der Waals surface area contributed by atoms with Crippen molar-refractivity contribution in [1.29, 1.82) is 0 Å². The van der Waals surface area contributed by atoms with Crippen molar-refractivity contribution in [1.82, 2.24) is 5.32 Å². The second-order valence-corrected chi connectivity index (χ2v) is 5.60. The summed E-state index contributed by atoms with van der Waals surface area (Å²) >= 11 is 0. The summed E-state index contributed by atoms with van der Waals surface area (Å²) in [5.41, 5.74) is 0.735. The van der Waals surface area contributed by atoms with Crippen LogP contribution in [0.1, 0.15) is 55.3 Å². The summed E-state index contributed by atoms with van der Waals surface area (Å²) in [6, 6.07) is 9.27. The summed E-state index contributed by atoms with van der Waals surface area (Å²) in [7, 11) is 0. The van der Waals surface area contributed by atoms with Gasteiger partial charge in [0.05, 0.1) is 0 Å². The lowest BCUT2D eigenvalue weighted by Crippen LogP contribution is -2.28. The summed E-state index contributed by atoms with van der Waals surface area (Å²) in [5, 5.41) is 2.99. The monoisotopic (exact) mass is 273 g/mol. The third-order valence-corrected chi connectivity index (χ3v) is 3.97. The SMILES string of the molecule is O=C(CCCC(=O)c1ccccc1)NCC1CCCC1. The van der Waals surface area contributed by atoms with E-state index in [9.17, 15) is 9.59 Å². The summed E-state index contributed by atoms with van der Waals surface area (Å²) in [5.74, 6) is 0.872. The van der Waals surface area contributed by atoms with Crippen LogP contribution in [0.3, 0.4) is 0 Å². The van der Waals surface area contributed by atoms with Gasteiger partial charge in [-0.15, -0.1) is 0 Å². The molecule has 1 aliphatic carbocycles. The third kappa shape index (κ3) is 4.80. The molecule has 0 aliphatic heterocycles. The number of ketones is 1. The number of benzene rings is 1. The minimum absolute atomic E-state index is 0.0813. The number of carbonyl (C=O) groups excluding carboxylic acids is 2. The molecular weight excluding hydrogens is 250 g/mol. The quantitative estimate of drug-likeness (QED) is 0.774. The maximum atomic E-state index is 11.9. The number of hydrogen-bond acceptors (Lipinski definition) is 2. The van der Waals surface area contributed by atoms with Crippen LogP contribution in [0.15, 0.2) is 30.3 Å². The van der Waals surface area contributed by atoms with Crippen molar-refractivity contribution < 1.29 is 9.59 Å². The highest BCUT2D eigenvalue weighted by Crippen LogP contribution is 2.23. The predicted molar refractivity (Wildman–Crippen MR) is 79.6 cm³/mol. The topological polar surface area (TPSA) is 46.2 Å². The highest BCUT2D eigenvalue weighted by atomic mass is 16.1. The average molecular weight is 273 g/mol. The van der Waals surface area contributed by atoms with Crippen molar-refractivity contribution in [2.24, 2.45) is 5.92 Å². The fourth-order valence-corrected chi connectivity index (χ4v) is 2.74. The van der Waals surface area contributed by atoms with Gasteiger partial charge in [-0.1, -0.05) is 43.2 Å². The largest absolute Gasteiger partial charge is 0.356 e. The summed E-state index contributed by atoms with van der Waals surface area (Å²) in [6.45, 7) is 0.811. The van der Waals surface area contributed by atoms with Gasteiger partial charge in [0.2, 0.25) is 5.91 Å². The Hall–Kier alpha value is -1.64. The van der Waals surface area contributed by atoms with Gasteiger partial charge in [0.15, 0.2) is 5.78 Å². The van der Waals surface area contributed by atoms with Crippen LogP contribution in [0.25, 0.3) is 0 Å². The molecule has 3 nitrogen and oxygen atoms in total. The standard InChI is InChI=1S/C17H23NO2/c19-16(15-9-2-1-3-10-15)11-6-12-17(20)18-13-14-7-4-5-8-14/h1-3,9-10,14H,4-8,11-13H2,(H,18,20). The van der Waals surface area contributed by atoms with Crippen LogP contribution in [-0.2, 0) is 4.79 Å². The van der Waals surface area contributed by atoms with Gasteiger partial charge < -0.3 is 5.32 Å². The lowest BCUT2D eigenvalue weighted by molar-refractivity contribution is -0.121. The van der Waals surface area contributed by atoms with Crippen molar-refractivity contribution in [3.05, 3.63) is 35.9 Å². The van der Waals surface area contributed by atoms with Crippen LogP contribution in [0.4, 0.5) is 0 Å². The maximum absolute atomic E-state index is 11.9. The van der Waals surface area contributed by atoms with Gasteiger partial charge in [-0.05, 0) is 25.2 Å². The van der Waals surface area contributed by atoms with Crippen LogP contribution < -0.4 is 5.32 Å². The maximum Gasteiger partial charge on any atom is 0.220 e. The Morgan fingerprint density at radius 1 is 1.05 bits per heavy atom. The summed E-state index contributed by atoms with van der Waals surface area (Å²) in [6.07, 6.45) is 6.61. The Balaban J connectivity index is 1.60. The number of Topliss-reactive ketones (excluding diaryl/α,β-unsaturated/α-hetero) is 1. The molecule has 0 spiro atoms. The highest BCUT2D eigenvalue weighted by Gasteiger charge is 2.15. The molecule has 108 valence electrons. The molecule has 1 aromatic carbocycles. The van der Waals surface area contributed by atoms with E-state index in [1.165, 1.54) is 25.7 Å². The molecule has 0 radical (unpaired) electrons. The third-order valence-electron chi connectivity index (χ3n) is 3.97. The van der Waals surface area contributed by atoms with Crippen LogP contribution in [0.5, 0.6) is 0 Å². The molecule has 0 bridgehead atoms. The fourth-order valence-electron chi connectivity index (χ4n) is 2.74. The van der Waals surface area contributed by atoms with Gasteiger partial charge in [0.1, 0.15) is 0 Å². The van der Waals surface area contributed by atoms with E-state index in [1.54, 1.807) is 0 Å². The first-order chi connectivity index (χ1) is 9.75. The molecule has 0 unspecified atom stereocenters. The van der Waals surface area contributed by atoms with Gasteiger partial charge in [0.25, 0.3) is 0 Å². The molecule has 0 aromatic heterocycles. The molecule has 1 N–H and O–H groups in total. The first-order valence-corrected chi connectivity index (χ1v) is 7.60. The minimum atomic E-state index is 0.0813. The molecule has 1 aliphatic rings. The van der Waals surface area contributed by atoms with Gasteiger partial charge in [-0.2, -0.15) is 0 Å². The van der Waals surface area contributed by atoms with Crippen LogP contribution in [-0.4, -0.2) is 18.2 Å². The van der Waals surface area contributed by atoms with Gasteiger partial charge in [0, 0.05) is 24.9 Å². The zero-order valence-electron chi connectivity index (χ0n) is 11.9. The van der Waals surface area contributed by atoms with Crippen LogP contribution >= 0.6 is 0 Å². The molecule has 1 fully saturated rings. The van der Waals surface area contributed by atoms with Crippen molar-refractivity contribution >= 4 is 11.7 Å². The molecule has 0 atom stereocenters. The number of nitrogens with one attached hydrogen (secondary N) is 1. The normalized spacial score (nSPS) is 15.2. The van der Waals surface area contributed by atoms with E-state index in [1.807, 2.05) is 30.3 Å². The van der Waals surface area contributed by atoms with E-state index in [2.05, 4.69) is 5.32 Å². The van der Waals surface area contributed by atoms with Crippen molar-refractivity contribution in [3.8, 4) is 0 Å². The summed E-state index contributed by atoms with van der Waals surface area (Å²) < 4.78 is 0.